The van der Waals surface area contributed by atoms with Crippen molar-refractivity contribution in [1.29, 1.82) is 0 Å². The van der Waals surface area contributed by atoms with E-state index in [4.69, 9.17) is 4.74 Å². The number of halogens is 1. The van der Waals surface area contributed by atoms with Gasteiger partial charge in [-0.1, -0.05) is 51.5 Å². The summed E-state index contributed by atoms with van der Waals surface area (Å²) < 4.78 is 20.0. The van der Waals surface area contributed by atoms with Crippen LogP contribution in [0, 0.1) is 12.7 Å². The highest BCUT2D eigenvalue weighted by Gasteiger charge is 2.46. The molecule has 1 N–H and O–H groups in total. The zero-order valence-electron chi connectivity index (χ0n) is 21.0. The molecule has 35 heavy (non-hydrogen) atoms. The van der Waals surface area contributed by atoms with E-state index < -0.39 is 23.5 Å². The molecule has 6 nitrogen and oxygen atoms in total. The maximum absolute atomic E-state index is 14.2. The van der Waals surface area contributed by atoms with Crippen LogP contribution in [-0.2, 0) is 9.59 Å². The molecule has 1 heterocycles. The van der Waals surface area contributed by atoms with Gasteiger partial charge in [0.25, 0.3) is 11.7 Å². The van der Waals surface area contributed by atoms with Gasteiger partial charge in [-0.3, -0.25) is 9.59 Å². The topological polar surface area (TPSA) is 70.1 Å². The summed E-state index contributed by atoms with van der Waals surface area (Å²) in [4.78, 5) is 29.9. The third-order valence-electron chi connectivity index (χ3n) is 6.50. The normalized spacial score (nSPS) is 17.4. The molecule has 1 aliphatic heterocycles. The Morgan fingerprint density at radius 2 is 1.77 bits per heavy atom. The number of nitrogens with zero attached hydrogens (tertiary/aromatic N) is 2. The Bertz CT molecular complexity index is 1080. The number of ether oxygens (including phenoxy) is 1. The zero-order valence-corrected chi connectivity index (χ0v) is 21.0. The van der Waals surface area contributed by atoms with Crippen molar-refractivity contribution in [2.75, 3.05) is 32.8 Å². The number of likely N-dealkylation sites (tertiary alicyclic amines) is 1. The minimum absolute atomic E-state index is 0.0301. The van der Waals surface area contributed by atoms with Crippen LogP contribution >= 0.6 is 0 Å². The summed E-state index contributed by atoms with van der Waals surface area (Å²) in [5, 5.41) is 11.1. The SMILES string of the molecule is CCCCOc1ccc(C2C(=C(O)c3ccc(C)c(F)c3)C(=O)C(=O)N2CCN(CC)CC)cc1. The van der Waals surface area contributed by atoms with Crippen LogP contribution in [0.2, 0.25) is 0 Å². The molecule has 1 unspecified atom stereocenters. The van der Waals surface area contributed by atoms with Crippen molar-refractivity contribution in [3.05, 3.63) is 70.5 Å². The highest BCUT2D eigenvalue weighted by atomic mass is 19.1. The van der Waals surface area contributed by atoms with Crippen molar-refractivity contribution in [1.82, 2.24) is 9.80 Å². The van der Waals surface area contributed by atoms with Crippen LogP contribution in [0.4, 0.5) is 4.39 Å². The largest absolute Gasteiger partial charge is 0.507 e. The van der Waals surface area contributed by atoms with Gasteiger partial charge in [-0.15, -0.1) is 0 Å². The fraction of sp³-hybridized carbons (Fsp3) is 0.429. The summed E-state index contributed by atoms with van der Waals surface area (Å²) in [7, 11) is 0. The lowest BCUT2D eigenvalue weighted by Gasteiger charge is -2.28. The Labute approximate surface area is 207 Å². The van der Waals surface area contributed by atoms with E-state index in [0.717, 1.165) is 25.9 Å². The Hall–Kier alpha value is -3.19. The van der Waals surface area contributed by atoms with Gasteiger partial charge in [0.2, 0.25) is 0 Å². The number of aliphatic hydroxyl groups excluding tert-OH is 1. The van der Waals surface area contributed by atoms with Gasteiger partial charge in [-0.2, -0.15) is 0 Å². The molecule has 0 radical (unpaired) electrons. The Balaban J connectivity index is 2.04. The van der Waals surface area contributed by atoms with Gasteiger partial charge >= 0.3 is 0 Å². The van der Waals surface area contributed by atoms with Gasteiger partial charge < -0.3 is 19.6 Å². The summed E-state index contributed by atoms with van der Waals surface area (Å²) in [6.45, 7) is 10.9. The average molecular weight is 483 g/mol. The third kappa shape index (κ3) is 5.90. The van der Waals surface area contributed by atoms with Crippen LogP contribution in [0.1, 0.15) is 56.3 Å². The second-order valence-electron chi connectivity index (χ2n) is 8.75. The summed E-state index contributed by atoms with van der Waals surface area (Å²) in [5.41, 5.74) is 1.24. The molecule has 0 spiro atoms. The minimum atomic E-state index is -0.778. The Morgan fingerprint density at radius 1 is 1.09 bits per heavy atom. The van der Waals surface area contributed by atoms with Crippen LogP contribution in [0.15, 0.2) is 48.0 Å². The molecule has 0 bridgehead atoms. The predicted octanol–water partition coefficient (Wildman–Crippen LogP) is 5.08. The number of carbonyl (C=O) groups excluding carboxylic acids is 2. The lowest BCUT2D eigenvalue weighted by atomic mass is 9.95. The first-order chi connectivity index (χ1) is 16.8. The zero-order chi connectivity index (χ0) is 25.5. The van der Waals surface area contributed by atoms with E-state index in [-0.39, 0.29) is 16.9 Å². The molecule has 7 heteroatoms. The number of rotatable bonds is 11. The fourth-order valence-corrected chi connectivity index (χ4v) is 4.22. The minimum Gasteiger partial charge on any atom is -0.507 e. The molecular weight excluding hydrogens is 447 g/mol. The number of unbranched alkanes of at least 4 members (excludes halogenated alkanes) is 1. The van der Waals surface area contributed by atoms with Gasteiger partial charge in [0, 0.05) is 18.7 Å². The smallest absolute Gasteiger partial charge is 0.295 e. The van der Waals surface area contributed by atoms with Crippen molar-refractivity contribution in [3.8, 4) is 5.75 Å². The summed E-state index contributed by atoms with van der Waals surface area (Å²) in [5.74, 6) is -1.60. The summed E-state index contributed by atoms with van der Waals surface area (Å²) in [6, 6.07) is 10.7. The molecule has 0 aliphatic carbocycles. The molecule has 3 rings (SSSR count). The number of aliphatic hydroxyl groups is 1. The predicted molar refractivity (Wildman–Crippen MR) is 135 cm³/mol. The maximum Gasteiger partial charge on any atom is 0.295 e. The van der Waals surface area contributed by atoms with Gasteiger partial charge in [-0.05, 0) is 55.8 Å². The summed E-state index contributed by atoms with van der Waals surface area (Å²) in [6.07, 6.45) is 1.97. The van der Waals surface area contributed by atoms with E-state index in [9.17, 15) is 19.1 Å². The van der Waals surface area contributed by atoms with Crippen molar-refractivity contribution in [2.45, 2.75) is 46.6 Å². The van der Waals surface area contributed by atoms with Crippen LogP contribution in [0.5, 0.6) is 5.75 Å². The van der Waals surface area contributed by atoms with Crippen molar-refractivity contribution in [3.63, 3.8) is 0 Å². The van der Waals surface area contributed by atoms with E-state index >= 15 is 0 Å². The van der Waals surface area contributed by atoms with Gasteiger partial charge in [0.1, 0.15) is 17.3 Å². The number of hydrogen-bond donors (Lipinski definition) is 1. The molecule has 1 saturated heterocycles. The van der Waals surface area contributed by atoms with Crippen LogP contribution < -0.4 is 4.74 Å². The molecule has 2 aromatic rings. The highest BCUT2D eigenvalue weighted by molar-refractivity contribution is 6.46. The number of Topliss-reactive ketones (excluding diaryl/α,β-unsaturated/α-hetero) is 1. The number of likely N-dealkylation sites (N-methyl/N-ethyl adjacent to an activating group) is 1. The number of ketones is 1. The van der Waals surface area contributed by atoms with Gasteiger partial charge in [-0.25, -0.2) is 4.39 Å². The van der Waals surface area contributed by atoms with E-state index in [1.165, 1.54) is 17.0 Å². The summed E-state index contributed by atoms with van der Waals surface area (Å²) >= 11 is 0. The van der Waals surface area contributed by atoms with E-state index in [1.807, 2.05) is 26.0 Å². The molecule has 2 aromatic carbocycles. The van der Waals surface area contributed by atoms with Crippen molar-refractivity contribution >= 4 is 17.4 Å². The molecule has 188 valence electrons. The molecule has 1 atom stereocenters. The monoisotopic (exact) mass is 482 g/mol. The highest BCUT2D eigenvalue weighted by Crippen LogP contribution is 2.39. The first kappa shape index (κ1) is 26.4. The molecule has 0 aromatic heterocycles. The van der Waals surface area contributed by atoms with Crippen LogP contribution in [0.3, 0.4) is 0 Å². The third-order valence-corrected chi connectivity index (χ3v) is 6.50. The second kappa shape index (κ2) is 12.0. The molecule has 1 amide bonds. The maximum atomic E-state index is 14.2. The standard InChI is InChI=1S/C28H35FN2O4/c1-5-8-17-35-22-13-11-20(12-14-22)25-24(26(32)21-10-9-19(4)23(29)18-21)27(33)28(34)31(25)16-15-30(6-2)7-3/h9-14,18,25,32H,5-8,15-17H2,1-4H3. The molecule has 0 saturated carbocycles. The molecule has 1 fully saturated rings. The fourth-order valence-electron chi connectivity index (χ4n) is 4.22. The van der Waals surface area contributed by atoms with Crippen molar-refractivity contribution in [2.24, 2.45) is 0 Å². The van der Waals surface area contributed by atoms with Crippen LogP contribution in [-0.4, -0.2) is 59.4 Å². The first-order valence-corrected chi connectivity index (χ1v) is 12.3. The van der Waals surface area contributed by atoms with Gasteiger partial charge in [0.05, 0.1) is 18.2 Å². The number of benzene rings is 2. The van der Waals surface area contributed by atoms with E-state index in [0.29, 0.717) is 36.6 Å². The second-order valence-corrected chi connectivity index (χ2v) is 8.75. The van der Waals surface area contributed by atoms with Crippen LogP contribution in [0.25, 0.3) is 5.76 Å². The Kier molecular flexibility index (Phi) is 9.04. The number of aryl methyl sites for hydroxylation is 1. The van der Waals surface area contributed by atoms with Gasteiger partial charge in [0.15, 0.2) is 0 Å². The first-order valence-electron chi connectivity index (χ1n) is 12.3. The molecule has 1 aliphatic rings. The van der Waals surface area contributed by atoms with E-state index in [2.05, 4.69) is 11.8 Å². The number of hydrogen-bond acceptors (Lipinski definition) is 5. The number of amides is 1. The lowest BCUT2D eigenvalue weighted by Crippen LogP contribution is -2.38. The number of carbonyl (C=O) groups is 2. The average Bonchev–Trinajstić information content (AvgIpc) is 3.11. The van der Waals surface area contributed by atoms with Crippen molar-refractivity contribution < 1.29 is 23.8 Å². The molecular formula is C28H35FN2O4. The Morgan fingerprint density at radius 3 is 2.37 bits per heavy atom. The lowest BCUT2D eigenvalue weighted by molar-refractivity contribution is -0.140. The van der Waals surface area contributed by atoms with E-state index in [1.54, 1.807) is 25.1 Å². The quantitative estimate of drug-likeness (QED) is 0.209.